The summed E-state index contributed by atoms with van der Waals surface area (Å²) < 4.78 is 15.9. The van der Waals surface area contributed by atoms with E-state index in [4.69, 9.17) is 11.6 Å². The first-order chi connectivity index (χ1) is 16.0. The van der Waals surface area contributed by atoms with E-state index in [0.717, 1.165) is 36.1 Å². The normalized spacial score (nSPS) is 18.0. The molecule has 1 spiro atoms. The molecule has 0 saturated carbocycles. The Morgan fingerprint density at radius 3 is 2.56 bits per heavy atom. The summed E-state index contributed by atoms with van der Waals surface area (Å²) in [7, 11) is 2.12. The van der Waals surface area contributed by atoms with Crippen LogP contribution >= 0.6 is 11.6 Å². The standard InChI is InChI=1S/C18H20ClFN4.C7H12N2O/c1-11-8-15-16(22-17(19)23-24(15)10-11)21-12(2)13-6-5-7-14(9-13)18(3,4)20;1-8-2-7(3-8)4-9(5-7)6-10/h5-10,12H,1-4H3,(H,21,22,23);6H,2-5H2,1H3/t12-;/m1./s1. The number of fused-ring (bicyclic) bond motifs is 1. The molecule has 0 unspecified atom stereocenters. The highest BCUT2D eigenvalue weighted by Crippen LogP contribution is 2.37. The topological polar surface area (TPSA) is 65.8 Å². The number of alkyl halides is 1. The second kappa shape index (κ2) is 9.15. The Bertz CT molecular complexity index is 1180. The number of amides is 1. The number of halogens is 2. The van der Waals surface area contributed by atoms with Crippen molar-refractivity contribution in [1.82, 2.24) is 24.4 Å². The second-order valence-corrected chi connectivity index (χ2v) is 10.6. The van der Waals surface area contributed by atoms with E-state index >= 15 is 0 Å². The molecule has 34 heavy (non-hydrogen) atoms. The summed E-state index contributed by atoms with van der Waals surface area (Å²) in [6, 6.07) is 9.45. The first kappa shape index (κ1) is 24.4. The van der Waals surface area contributed by atoms with Gasteiger partial charge in [0.2, 0.25) is 11.7 Å². The molecule has 2 aliphatic heterocycles. The van der Waals surface area contributed by atoms with E-state index in [1.807, 2.05) is 49.2 Å². The van der Waals surface area contributed by atoms with Gasteiger partial charge in [-0.25, -0.2) is 8.91 Å². The molecule has 182 valence electrons. The number of anilines is 1. The molecule has 4 heterocycles. The number of carbonyl (C=O) groups is 1. The lowest BCUT2D eigenvalue weighted by Gasteiger charge is -2.58. The fourth-order valence-corrected chi connectivity index (χ4v) is 5.03. The van der Waals surface area contributed by atoms with Gasteiger partial charge in [0, 0.05) is 37.8 Å². The van der Waals surface area contributed by atoms with E-state index in [2.05, 4.69) is 27.3 Å². The molecule has 3 aromatic rings. The number of aromatic nitrogens is 3. The summed E-state index contributed by atoms with van der Waals surface area (Å²) in [5.41, 5.74) is 2.69. The van der Waals surface area contributed by atoms with Crippen LogP contribution in [0.2, 0.25) is 5.28 Å². The molecule has 9 heteroatoms. The van der Waals surface area contributed by atoms with Crippen LogP contribution in [0.25, 0.3) is 5.52 Å². The molecule has 1 aromatic carbocycles. The minimum atomic E-state index is -1.38. The van der Waals surface area contributed by atoms with Crippen molar-refractivity contribution >= 4 is 29.3 Å². The average molecular weight is 487 g/mol. The van der Waals surface area contributed by atoms with E-state index in [-0.39, 0.29) is 11.3 Å². The quantitative estimate of drug-likeness (QED) is 0.539. The van der Waals surface area contributed by atoms with Crippen LogP contribution in [-0.2, 0) is 10.5 Å². The number of nitrogens with zero attached hydrogens (tertiary/aromatic N) is 5. The number of aryl methyl sites for hydroxylation is 1. The average Bonchev–Trinajstić information content (AvgIpc) is 3.09. The van der Waals surface area contributed by atoms with Gasteiger partial charge in [-0.15, -0.1) is 5.10 Å². The predicted octanol–water partition coefficient (Wildman–Crippen LogP) is 4.46. The van der Waals surface area contributed by atoms with Gasteiger partial charge in [0.25, 0.3) is 0 Å². The number of rotatable bonds is 5. The molecule has 2 aromatic heterocycles. The minimum absolute atomic E-state index is 0.0581. The Kier molecular flexibility index (Phi) is 6.57. The highest BCUT2D eigenvalue weighted by Gasteiger charge is 2.49. The summed E-state index contributed by atoms with van der Waals surface area (Å²) in [5, 5.41) is 7.69. The number of benzene rings is 1. The Labute approximate surface area is 204 Å². The van der Waals surface area contributed by atoms with Crippen LogP contribution < -0.4 is 5.32 Å². The van der Waals surface area contributed by atoms with E-state index in [1.54, 1.807) is 24.4 Å². The molecule has 7 nitrogen and oxygen atoms in total. The SMILES string of the molecule is CN1CC2(C1)CN(C=O)C2.Cc1cc2c(N[C@H](C)c3cccc(C(C)(C)F)c3)nc(Cl)nn2c1. The molecule has 1 atom stereocenters. The molecule has 2 saturated heterocycles. The van der Waals surface area contributed by atoms with Crippen LogP contribution in [0.3, 0.4) is 0 Å². The molecule has 0 aliphatic carbocycles. The summed E-state index contributed by atoms with van der Waals surface area (Å²) in [4.78, 5) is 18.6. The number of carbonyl (C=O) groups excluding carboxylic acids is 1. The number of hydrogen-bond acceptors (Lipinski definition) is 5. The summed E-state index contributed by atoms with van der Waals surface area (Å²) in [6.07, 6.45) is 2.84. The van der Waals surface area contributed by atoms with Crippen molar-refractivity contribution < 1.29 is 9.18 Å². The third-order valence-corrected chi connectivity index (χ3v) is 6.60. The van der Waals surface area contributed by atoms with Gasteiger partial charge in [0.15, 0.2) is 5.82 Å². The summed E-state index contributed by atoms with van der Waals surface area (Å²) >= 11 is 6.01. The Morgan fingerprint density at radius 2 is 1.94 bits per heavy atom. The fraction of sp³-hybridized carbons (Fsp3) is 0.480. The highest BCUT2D eigenvalue weighted by molar-refractivity contribution is 6.28. The molecular formula is C25H32ClFN6O. The van der Waals surface area contributed by atoms with Crippen molar-refractivity contribution in [2.75, 3.05) is 38.5 Å². The number of nitrogens with one attached hydrogen (secondary N) is 1. The van der Waals surface area contributed by atoms with Gasteiger partial charge < -0.3 is 15.1 Å². The van der Waals surface area contributed by atoms with Gasteiger partial charge in [-0.05, 0) is 69.1 Å². The lowest BCUT2D eigenvalue weighted by atomic mass is 9.73. The van der Waals surface area contributed by atoms with Gasteiger partial charge in [0.05, 0.1) is 6.04 Å². The Morgan fingerprint density at radius 1 is 1.24 bits per heavy atom. The van der Waals surface area contributed by atoms with Crippen molar-refractivity contribution in [2.24, 2.45) is 5.41 Å². The van der Waals surface area contributed by atoms with E-state index in [9.17, 15) is 9.18 Å². The second-order valence-electron chi connectivity index (χ2n) is 10.2. The zero-order valence-electron chi connectivity index (χ0n) is 20.3. The van der Waals surface area contributed by atoms with Gasteiger partial charge in [-0.1, -0.05) is 24.3 Å². The van der Waals surface area contributed by atoms with Crippen LogP contribution in [0.5, 0.6) is 0 Å². The molecule has 1 N–H and O–H groups in total. The van der Waals surface area contributed by atoms with Crippen molar-refractivity contribution in [3.05, 3.63) is 58.5 Å². The molecule has 0 bridgehead atoms. The van der Waals surface area contributed by atoms with E-state index in [1.165, 1.54) is 13.1 Å². The van der Waals surface area contributed by atoms with Crippen molar-refractivity contribution in [2.45, 2.75) is 39.4 Å². The van der Waals surface area contributed by atoms with Crippen molar-refractivity contribution in [3.63, 3.8) is 0 Å². The maximum atomic E-state index is 14.2. The number of hydrogen-bond donors (Lipinski definition) is 1. The van der Waals surface area contributed by atoms with Crippen molar-refractivity contribution in [1.29, 1.82) is 0 Å². The van der Waals surface area contributed by atoms with E-state index in [0.29, 0.717) is 16.8 Å². The van der Waals surface area contributed by atoms with E-state index < -0.39 is 5.67 Å². The first-order valence-electron chi connectivity index (χ1n) is 11.4. The Hall–Kier alpha value is -2.71. The third-order valence-electron chi connectivity index (χ3n) is 6.44. The number of likely N-dealkylation sites (tertiary alicyclic amines) is 2. The van der Waals surface area contributed by atoms with Crippen LogP contribution in [-0.4, -0.2) is 64.0 Å². The van der Waals surface area contributed by atoms with Gasteiger partial charge in [-0.3, -0.25) is 4.79 Å². The lowest BCUT2D eigenvalue weighted by Crippen LogP contribution is -2.70. The minimum Gasteiger partial charge on any atom is -0.362 e. The van der Waals surface area contributed by atoms with Gasteiger partial charge in [-0.2, -0.15) is 4.98 Å². The molecule has 5 rings (SSSR count). The fourth-order valence-electron chi connectivity index (χ4n) is 4.86. The Balaban J connectivity index is 0.000000226. The van der Waals surface area contributed by atoms with Crippen molar-refractivity contribution in [3.8, 4) is 0 Å². The largest absolute Gasteiger partial charge is 0.362 e. The van der Waals surface area contributed by atoms with Gasteiger partial charge in [0.1, 0.15) is 11.2 Å². The van der Waals surface area contributed by atoms with Crippen LogP contribution in [0.1, 0.15) is 43.5 Å². The maximum absolute atomic E-state index is 14.2. The van der Waals surface area contributed by atoms with Crippen LogP contribution in [0, 0.1) is 12.3 Å². The summed E-state index contributed by atoms with van der Waals surface area (Å²) in [6.45, 7) is 11.4. The lowest BCUT2D eigenvalue weighted by molar-refractivity contribution is -0.143. The first-order valence-corrected chi connectivity index (χ1v) is 11.8. The molecule has 2 aliphatic rings. The summed E-state index contributed by atoms with van der Waals surface area (Å²) in [5.74, 6) is 0.653. The smallest absolute Gasteiger partial charge is 0.243 e. The molecule has 2 fully saturated rings. The molecule has 1 amide bonds. The van der Waals surface area contributed by atoms with Crippen LogP contribution in [0.15, 0.2) is 36.5 Å². The third kappa shape index (κ3) is 5.18. The predicted molar refractivity (Wildman–Crippen MR) is 133 cm³/mol. The molecule has 0 radical (unpaired) electrons. The zero-order valence-corrected chi connectivity index (χ0v) is 21.1. The maximum Gasteiger partial charge on any atom is 0.243 e. The monoisotopic (exact) mass is 486 g/mol. The van der Waals surface area contributed by atoms with Gasteiger partial charge >= 0.3 is 0 Å². The van der Waals surface area contributed by atoms with Crippen LogP contribution in [0.4, 0.5) is 10.2 Å². The highest BCUT2D eigenvalue weighted by atomic mass is 35.5. The zero-order chi connectivity index (χ0) is 24.7. The molecular weight excluding hydrogens is 455 g/mol.